The summed E-state index contributed by atoms with van der Waals surface area (Å²) in [4.78, 5) is 16.2. The van der Waals surface area contributed by atoms with Gasteiger partial charge in [0.2, 0.25) is 5.95 Å². The second-order valence-electron chi connectivity index (χ2n) is 10.5. The zero-order valence-corrected chi connectivity index (χ0v) is 20.8. The number of hydrogen-bond donors (Lipinski definition) is 3. The number of H-pyrrole nitrogens is 1. The molecule has 8 nitrogen and oxygen atoms in total. The molecule has 5 heterocycles. The normalized spacial score (nSPS) is 20.9. The Labute approximate surface area is 204 Å². The molecule has 0 unspecified atom stereocenters. The van der Waals surface area contributed by atoms with Crippen LogP contribution in [0.5, 0.6) is 0 Å². The molecule has 3 aromatic rings. The highest BCUT2D eigenvalue weighted by atomic mass is 32.1. The molecule has 9 heteroatoms. The smallest absolute Gasteiger partial charge is 0.227 e. The largest absolute Gasteiger partial charge is 0.396 e. The first-order chi connectivity index (χ1) is 16.6. The van der Waals surface area contributed by atoms with E-state index in [1.807, 2.05) is 0 Å². The summed E-state index contributed by atoms with van der Waals surface area (Å²) in [5.41, 5.74) is 2.23. The predicted molar refractivity (Wildman–Crippen MR) is 137 cm³/mol. The Kier molecular flexibility index (Phi) is 6.17. The van der Waals surface area contributed by atoms with Gasteiger partial charge in [-0.25, -0.2) is 4.98 Å². The molecule has 0 bridgehead atoms. The number of fused-ring (bicyclic) bond motifs is 1. The van der Waals surface area contributed by atoms with E-state index >= 15 is 0 Å². The highest BCUT2D eigenvalue weighted by molar-refractivity contribution is 7.19. The first kappa shape index (κ1) is 22.2. The zero-order chi connectivity index (χ0) is 23.1. The number of piperidine rings is 2. The van der Waals surface area contributed by atoms with E-state index in [1.165, 1.54) is 49.3 Å². The summed E-state index contributed by atoms with van der Waals surface area (Å²) < 4.78 is 1.10. The average molecular weight is 482 g/mol. The number of anilines is 3. The number of thiophene rings is 1. The van der Waals surface area contributed by atoms with Gasteiger partial charge in [0.1, 0.15) is 0 Å². The van der Waals surface area contributed by atoms with E-state index in [4.69, 9.17) is 9.97 Å². The van der Waals surface area contributed by atoms with Gasteiger partial charge in [-0.1, -0.05) is 6.92 Å². The third kappa shape index (κ3) is 4.78. The molecule has 0 spiro atoms. The van der Waals surface area contributed by atoms with Crippen LogP contribution in [-0.2, 0) is 6.54 Å². The first-order valence-electron chi connectivity index (χ1n) is 12.9. The Morgan fingerprint density at radius 3 is 2.59 bits per heavy atom. The van der Waals surface area contributed by atoms with Crippen LogP contribution in [0.4, 0.5) is 17.6 Å². The van der Waals surface area contributed by atoms with Crippen molar-refractivity contribution in [1.29, 1.82) is 0 Å². The Hall–Kier alpha value is -2.23. The van der Waals surface area contributed by atoms with Gasteiger partial charge in [0.25, 0.3) is 0 Å². The third-order valence-electron chi connectivity index (χ3n) is 7.68. The molecule has 2 saturated heterocycles. The number of aliphatic hydroxyl groups is 1. The van der Waals surface area contributed by atoms with Gasteiger partial charge in [-0.2, -0.15) is 10.1 Å². The minimum absolute atomic E-state index is 0.270. The Bertz CT molecular complexity index is 1120. The van der Waals surface area contributed by atoms with Crippen LogP contribution < -0.4 is 10.2 Å². The average Bonchev–Trinajstić information content (AvgIpc) is 3.46. The lowest BCUT2D eigenvalue weighted by molar-refractivity contribution is 0.187. The third-order valence-corrected chi connectivity index (χ3v) is 8.80. The molecule has 3 fully saturated rings. The molecule has 6 rings (SSSR count). The number of aromatic nitrogens is 4. The number of likely N-dealkylation sites (tertiary alicyclic amines) is 1. The van der Waals surface area contributed by atoms with E-state index in [1.54, 1.807) is 11.3 Å². The van der Waals surface area contributed by atoms with E-state index in [2.05, 4.69) is 44.4 Å². The molecule has 3 aliphatic rings. The van der Waals surface area contributed by atoms with E-state index in [0.29, 0.717) is 11.8 Å². The minimum Gasteiger partial charge on any atom is -0.396 e. The van der Waals surface area contributed by atoms with Crippen molar-refractivity contribution in [3.63, 3.8) is 0 Å². The maximum atomic E-state index is 9.52. The molecule has 1 saturated carbocycles. The monoisotopic (exact) mass is 481 g/mol. The quantitative estimate of drug-likeness (QED) is 0.458. The number of rotatable bonds is 7. The first-order valence-corrected chi connectivity index (χ1v) is 13.7. The molecule has 0 aromatic carbocycles. The lowest BCUT2D eigenvalue weighted by atomic mass is 9.98. The molecule has 34 heavy (non-hydrogen) atoms. The van der Waals surface area contributed by atoms with Gasteiger partial charge < -0.3 is 15.3 Å². The van der Waals surface area contributed by atoms with Crippen molar-refractivity contribution in [3.8, 4) is 0 Å². The van der Waals surface area contributed by atoms with Gasteiger partial charge in [-0.15, -0.1) is 11.3 Å². The summed E-state index contributed by atoms with van der Waals surface area (Å²) in [6, 6.07) is 4.39. The van der Waals surface area contributed by atoms with Crippen LogP contribution in [-0.4, -0.2) is 63.0 Å². The van der Waals surface area contributed by atoms with Crippen LogP contribution in [0.1, 0.15) is 61.9 Å². The molecule has 0 radical (unpaired) electrons. The van der Waals surface area contributed by atoms with Gasteiger partial charge >= 0.3 is 0 Å². The molecule has 182 valence electrons. The minimum atomic E-state index is 0.270. The summed E-state index contributed by atoms with van der Waals surface area (Å²) in [5.74, 6) is 4.32. The molecule has 2 aliphatic heterocycles. The number of nitrogens with zero attached hydrogens (tertiary/aromatic N) is 5. The second kappa shape index (κ2) is 9.43. The second-order valence-corrected chi connectivity index (χ2v) is 11.6. The number of hydrogen-bond acceptors (Lipinski definition) is 8. The molecular formula is C25H35N7OS. The standard InChI is InChI=1S/C25H35N7OS/c1-16-4-8-31(9-5-16)14-19-12-21-23(34-19)24(27-22-13-20(29-30-22)18-2-3-18)28-25(26-21)32-10-6-17(15-33)7-11-32/h12-13,16-18,33H,2-11,14-15H2,1H3,(H2,26,27,28,29,30). The number of aliphatic hydroxyl groups excluding tert-OH is 1. The van der Waals surface area contributed by atoms with Gasteiger partial charge in [0, 0.05) is 48.8 Å². The highest BCUT2D eigenvalue weighted by Crippen LogP contribution is 2.40. The maximum absolute atomic E-state index is 9.52. The van der Waals surface area contributed by atoms with Gasteiger partial charge in [0.15, 0.2) is 11.6 Å². The maximum Gasteiger partial charge on any atom is 0.227 e. The fourth-order valence-corrected chi connectivity index (χ4v) is 6.24. The van der Waals surface area contributed by atoms with E-state index in [-0.39, 0.29) is 6.61 Å². The van der Waals surface area contributed by atoms with Crippen LogP contribution >= 0.6 is 11.3 Å². The van der Waals surface area contributed by atoms with E-state index in [0.717, 1.165) is 66.2 Å². The van der Waals surface area contributed by atoms with Gasteiger partial charge in [-0.3, -0.25) is 10.00 Å². The van der Waals surface area contributed by atoms with Crippen LogP contribution in [0, 0.1) is 11.8 Å². The molecule has 1 aliphatic carbocycles. The Morgan fingerprint density at radius 1 is 1.06 bits per heavy atom. The van der Waals surface area contributed by atoms with E-state index in [9.17, 15) is 5.11 Å². The molecule has 0 atom stereocenters. The summed E-state index contributed by atoms with van der Waals surface area (Å²) in [5, 5.41) is 20.7. The van der Waals surface area contributed by atoms with Crippen molar-refractivity contribution in [3.05, 3.63) is 22.7 Å². The van der Waals surface area contributed by atoms with Crippen LogP contribution in [0.3, 0.4) is 0 Å². The lowest BCUT2D eigenvalue weighted by Crippen LogP contribution is -2.35. The summed E-state index contributed by atoms with van der Waals surface area (Å²) in [7, 11) is 0. The summed E-state index contributed by atoms with van der Waals surface area (Å²) in [6.07, 6.45) is 7.02. The number of nitrogens with one attached hydrogen (secondary N) is 2. The SMILES string of the molecule is CC1CCN(Cc2cc3nc(N4CCC(CO)CC4)nc(Nc4cc(C5CC5)[nH]n4)c3s2)CC1. The van der Waals surface area contributed by atoms with Crippen LogP contribution in [0.15, 0.2) is 12.1 Å². The Balaban J connectivity index is 1.29. The van der Waals surface area contributed by atoms with Crippen LogP contribution in [0.2, 0.25) is 0 Å². The fourth-order valence-electron chi connectivity index (χ4n) is 5.15. The molecular weight excluding hydrogens is 446 g/mol. The van der Waals surface area contributed by atoms with Crippen molar-refractivity contribution in [2.24, 2.45) is 11.8 Å². The van der Waals surface area contributed by atoms with Crippen molar-refractivity contribution in [2.45, 2.75) is 57.9 Å². The van der Waals surface area contributed by atoms with Gasteiger partial charge in [-0.05, 0) is 69.5 Å². The van der Waals surface area contributed by atoms with Crippen LogP contribution in [0.25, 0.3) is 10.2 Å². The predicted octanol–water partition coefficient (Wildman–Crippen LogP) is 4.48. The van der Waals surface area contributed by atoms with E-state index < -0.39 is 0 Å². The van der Waals surface area contributed by atoms with Crippen molar-refractivity contribution in [1.82, 2.24) is 25.1 Å². The topological polar surface area (TPSA) is 93.2 Å². The van der Waals surface area contributed by atoms with Gasteiger partial charge in [0.05, 0.1) is 10.2 Å². The summed E-state index contributed by atoms with van der Waals surface area (Å²) in [6.45, 7) is 7.73. The number of aromatic amines is 1. The zero-order valence-electron chi connectivity index (χ0n) is 20.0. The fraction of sp³-hybridized carbons (Fsp3) is 0.640. The highest BCUT2D eigenvalue weighted by Gasteiger charge is 2.26. The van der Waals surface area contributed by atoms with Crippen molar-refractivity contribution < 1.29 is 5.11 Å². The van der Waals surface area contributed by atoms with Crippen molar-refractivity contribution >= 4 is 39.1 Å². The molecule has 3 aromatic heterocycles. The Morgan fingerprint density at radius 2 is 1.85 bits per heavy atom. The lowest BCUT2D eigenvalue weighted by Gasteiger charge is -2.31. The van der Waals surface area contributed by atoms with Crippen molar-refractivity contribution in [2.75, 3.05) is 43.0 Å². The molecule has 0 amide bonds. The summed E-state index contributed by atoms with van der Waals surface area (Å²) >= 11 is 1.80. The molecule has 3 N–H and O–H groups in total.